The molecule has 0 amide bonds. The maximum absolute atomic E-state index is 5.96. The monoisotopic (exact) mass is 250 g/mol. The highest BCUT2D eigenvalue weighted by Crippen LogP contribution is 2.25. The van der Waals surface area contributed by atoms with Crippen LogP contribution in [0.3, 0.4) is 0 Å². The summed E-state index contributed by atoms with van der Waals surface area (Å²) in [7, 11) is 7.95. The van der Waals surface area contributed by atoms with Gasteiger partial charge in [0, 0.05) is 34.2 Å². The minimum Gasteiger partial charge on any atom is -0.370 e. The van der Waals surface area contributed by atoms with Crippen LogP contribution in [0.15, 0.2) is 11.2 Å². The van der Waals surface area contributed by atoms with Gasteiger partial charge in [-0.2, -0.15) is 0 Å². The number of anilines is 1. The Bertz CT molecular complexity index is 443. The van der Waals surface area contributed by atoms with Crippen molar-refractivity contribution in [2.24, 2.45) is 17.8 Å². The molecule has 1 aliphatic carbocycles. The predicted octanol–water partition coefficient (Wildman–Crippen LogP) is 0.395. The minimum absolute atomic E-state index is 0.570. The molecule has 18 heavy (non-hydrogen) atoms. The Balaban J connectivity index is 2.03. The van der Waals surface area contributed by atoms with Gasteiger partial charge in [-0.05, 0) is 12.8 Å². The maximum atomic E-state index is 5.96. The maximum Gasteiger partial charge on any atom is 0.204 e. The number of nitrogens with zero attached hydrogens (tertiary/aromatic N) is 5. The van der Waals surface area contributed by atoms with Crippen molar-refractivity contribution in [3.8, 4) is 0 Å². The number of hydrogen-bond donors (Lipinski definition) is 1. The summed E-state index contributed by atoms with van der Waals surface area (Å²) in [5.74, 6) is 1.54. The molecule has 2 rings (SSSR count). The summed E-state index contributed by atoms with van der Waals surface area (Å²) in [6.45, 7) is 0.570. The predicted molar refractivity (Wildman–Crippen MR) is 73.6 cm³/mol. The van der Waals surface area contributed by atoms with Gasteiger partial charge < -0.3 is 20.1 Å². The standard InChI is InChI=1S/C12H22N6/c1-16(2)12-15-8-10(18(12)4)7-14-11(13)17(3)9-5-6-9/h8-9H,5-7H2,1-4H3,(H2,13,14). The first kappa shape index (κ1) is 12.7. The lowest BCUT2D eigenvalue weighted by Crippen LogP contribution is -2.35. The zero-order valence-electron chi connectivity index (χ0n) is 11.6. The van der Waals surface area contributed by atoms with Crippen LogP contribution in [-0.2, 0) is 13.6 Å². The van der Waals surface area contributed by atoms with Crippen molar-refractivity contribution in [1.82, 2.24) is 14.5 Å². The Morgan fingerprint density at radius 3 is 2.67 bits per heavy atom. The second-order valence-corrected chi connectivity index (χ2v) is 5.02. The van der Waals surface area contributed by atoms with Crippen LogP contribution in [-0.4, -0.2) is 47.6 Å². The van der Waals surface area contributed by atoms with E-state index in [1.54, 1.807) is 0 Å². The van der Waals surface area contributed by atoms with Crippen molar-refractivity contribution in [2.45, 2.75) is 25.4 Å². The Morgan fingerprint density at radius 2 is 2.17 bits per heavy atom. The molecule has 0 atom stereocenters. The molecule has 1 fully saturated rings. The van der Waals surface area contributed by atoms with E-state index < -0.39 is 0 Å². The quantitative estimate of drug-likeness (QED) is 0.620. The number of guanidine groups is 1. The number of imidazole rings is 1. The Labute approximate surface area is 108 Å². The van der Waals surface area contributed by atoms with Gasteiger partial charge in [-0.3, -0.25) is 0 Å². The van der Waals surface area contributed by atoms with E-state index in [4.69, 9.17) is 5.73 Å². The number of aliphatic imine (C=N–C) groups is 1. The third kappa shape index (κ3) is 2.57. The van der Waals surface area contributed by atoms with E-state index in [2.05, 4.69) is 14.9 Å². The highest BCUT2D eigenvalue weighted by atomic mass is 15.3. The highest BCUT2D eigenvalue weighted by Gasteiger charge is 2.27. The minimum atomic E-state index is 0.570. The molecule has 0 aliphatic heterocycles. The summed E-state index contributed by atoms with van der Waals surface area (Å²) in [4.78, 5) is 12.8. The zero-order chi connectivity index (χ0) is 13.3. The summed E-state index contributed by atoms with van der Waals surface area (Å²) >= 11 is 0. The summed E-state index contributed by atoms with van der Waals surface area (Å²) < 4.78 is 2.04. The lowest BCUT2D eigenvalue weighted by Gasteiger charge is -2.17. The molecule has 0 bridgehead atoms. The molecule has 1 aromatic rings. The lowest BCUT2D eigenvalue weighted by atomic mass is 10.4. The molecule has 0 unspecified atom stereocenters. The topological polar surface area (TPSA) is 62.7 Å². The van der Waals surface area contributed by atoms with Gasteiger partial charge in [0.05, 0.1) is 18.4 Å². The van der Waals surface area contributed by atoms with Crippen molar-refractivity contribution in [1.29, 1.82) is 0 Å². The van der Waals surface area contributed by atoms with E-state index in [0.717, 1.165) is 11.6 Å². The fourth-order valence-corrected chi connectivity index (χ4v) is 1.92. The molecule has 6 heteroatoms. The van der Waals surface area contributed by atoms with Gasteiger partial charge in [0.2, 0.25) is 5.95 Å². The fraction of sp³-hybridized carbons (Fsp3) is 0.667. The average molecular weight is 250 g/mol. The fourth-order valence-electron chi connectivity index (χ4n) is 1.92. The van der Waals surface area contributed by atoms with Crippen LogP contribution in [0, 0.1) is 0 Å². The Kier molecular flexibility index (Phi) is 3.45. The molecule has 0 spiro atoms. The van der Waals surface area contributed by atoms with Gasteiger partial charge in [-0.1, -0.05) is 0 Å². The first-order valence-corrected chi connectivity index (χ1v) is 6.21. The molecule has 1 aliphatic rings. The third-order valence-electron chi connectivity index (χ3n) is 3.32. The van der Waals surface area contributed by atoms with Crippen LogP contribution in [0.5, 0.6) is 0 Å². The van der Waals surface area contributed by atoms with E-state index in [9.17, 15) is 0 Å². The van der Waals surface area contributed by atoms with E-state index in [-0.39, 0.29) is 0 Å². The van der Waals surface area contributed by atoms with Crippen LogP contribution in [0.1, 0.15) is 18.5 Å². The van der Waals surface area contributed by atoms with Gasteiger partial charge in [-0.25, -0.2) is 9.98 Å². The third-order valence-corrected chi connectivity index (χ3v) is 3.32. The Hall–Kier alpha value is -1.72. The zero-order valence-corrected chi connectivity index (χ0v) is 11.6. The van der Waals surface area contributed by atoms with Gasteiger partial charge in [0.15, 0.2) is 5.96 Å². The second-order valence-electron chi connectivity index (χ2n) is 5.02. The van der Waals surface area contributed by atoms with Crippen LogP contribution < -0.4 is 10.6 Å². The van der Waals surface area contributed by atoms with E-state index in [1.165, 1.54) is 12.8 Å². The number of hydrogen-bond acceptors (Lipinski definition) is 3. The second kappa shape index (κ2) is 4.88. The first-order valence-electron chi connectivity index (χ1n) is 6.21. The largest absolute Gasteiger partial charge is 0.370 e. The molecule has 0 aromatic carbocycles. The molecule has 100 valence electrons. The summed E-state index contributed by atoms with van der Waals surface area (Å²) in [5, 5.41) is 0. The highest BCUT2D eigenvalue weighted by molar-refractivity contribution is 5.78. The smallest absolute Gasteiger partial charge is 0.204 e. The molecule has 1 heterocycles. The molecule has 0 saturated heterocycles. The van der Waals surface area contributed by atoms with Crippen molar-refractivity contribution in [2.75, 3.05) is 26.0 Å². The number of aromatic nitrogens is 2. The van der Waals surface area contributed by atoms with Gasteiger partial charge in [0.1, 0.15) is 0 Å². The Morgan fingerprint density at radius 1 is 1.50 bits per heavy atom. The van der Waals surface area contributed by atoms with Gasteiger partial charge in [-0.15, -0.1) is 0 Å². The molecular formula is C12H22N6. The van der Waals surface area contributed by atoms with Crippen LogP contribution >= 0.6 is 0 Å². The molecule has 2 N–H and O–H groups in total. The molecular weight excluding hydrogens is 228 g/mol. The first-order chi connectivity index (χ1) is 8.50. The molecule has 6 nitrogen and oxygen atoms in total. The average Bonchev–Trinajstić information content (AvgIpc) is 3.10. The van der Waals surface area contributed by atoms with Crippen LogP contribution in [0.25, 0.3) is 0 Å². The molecule has 1 saturated carbocycles. The van der Waals surface area contributed by atoms with E-state index >= 15 is 0 Å². The number of rotatable bonds is 4. The SMILES string of the molecule is CN(C)c1ncc(CN=C(N)N(C)C2CC2)n1C. The van der Waals surface area contributed by atoms with Crippen LogP contribution in [0.2, 0.25) is 0 Å². The molecule has 1 aromatic heterocycles. The van der Waals surface area contributed by atoms with Crippen molar-refractivity contribution < 1.29 is 0 Å². The van der Waals surface area contributed by atoms with Crippen molar-refractivity contribution in [3.63, 3.8) is 0 Å². The van der Waals surface area contributed by atoms with E-state index in [1.807, 2.05) is 43.9 Å². The molecule has 0 radical (unpaired) electrons. The van der Waals surface area contributed by atoms with Crippen molar-refractivity contribution in [3.05, 3.63) is 11.9 Å². The summed E-state index contributed by atoms with van der Waals surface area (Å²) in [6.07, 6.45) is 4.30. The summed E-state index contributed by atoms with van der Waals surface area (Å²) in [5.41, 5.74) is 7.02. The van der Waals surface area contributed by atoms with Crippen molar-refractivity contribution >= 4 is 11.9 Å². The van der Waals surface area contributed by atoms with Gasteiger partial charge >= 0.3 is 0 Å². The summed E-state index contributed by atoms with van der Waals surface area (Å²) in [6, 6.07) is 0.595. The normalized spacial score (nSPS) is 15.9. The van der Waals surface area contributed by atoms with Crippen LogP contribution in [0.4, 0.5) is 5.95 Å². The number of nitrogens with two attached hydrogens (primary N) is 1. The van der Waals surface area contributed by atoms with Gasteiger partial charge in [0.25, 0.3) is 0 Å². The van der Waals surface area contributed by atoms with E-state index in [0.29, 0.717) is 18.5 Å². The lowest BCUT2D eigenvalue weighted by molar-refractivity contribution is 0.487.